The van der Waals surface area contributed by atoms with Gasteiger partial charge in [-0.25, -0.2) is 0 Å². The van der Waals surface area contributed by atoms with Crippen molar-refractivity contribution in [1.29, 1.82) is 0 Å². The summed E-state index contributed by atoms with van der Waals surface area (Å²) in [4.78, 5) is 45.4. The van der Waals surface area contributed by atoms with Gasteiger partial charge in [-0.1, -0.05) is 13.8 Å². The van der Waals surface area contributed by atoms with Crippen LogP contribution in [0.25, 0.3) is 0 Å². The molecule has 1 aromatic rings. The number of rotatable bonds is 11. The number of anilines is 1. The van der Waals surface area contributed by atoms with Gasteiger partial charge >= 0.3 is 0 Å². The average molecular weight is 559 g/mol. The zero-order chi connectivity index (χ0) is 28.4. The van der Waals surface area contributed by atoms with Gasteiger partial charge in [-0.2, -0.15) is 0 Å². The number of fused-ring (bicyclic) bond motifs is 1. The van der Waals surface area contributed by atoms with Gasteiger partial charge in [0.05, 0.1) is 50.4 Å². The molecule has 4 aliphatic heterocycles. The lowest BCUT2D eigenvalue weighted by Crippen LogP contribution is -2.59. The first-order chi connectivity index (χ1) is 19.3. The maximum atomic E-state index is 14.1. The van der Waals surface area contributed by atoms with Gasteiger partial charge in [0.15, 0.2) is 0 Å². The van der Waals surface area contributed by atoms with Gasteiger partial charge in [0, 0.05) is 31.9 Å². The second-order valence-corrected chi connectivity index (χ2v) is 11.5. The van der Waals surface area contributed by atoms with Gasteiger partial charge in [-0.15, -0.1) is 0 Å². The van der Waals surface area contributed by atoms with Gasteiger partial charge < -0.3 is 34.9 Å². The molecule has 3 N–H and O–H groups in total. The van der Waals surface area contributed by atoms with Crippen LogP contribution in [0.15, 0.2) is 24.3 Å². The Morgan fingerprint density at radius 3 is 2.55 bits per heavy atom. The molecule has 5 rings (SSSR count). The Bertz CT molecular complexity index is 1080. The lowest BCUT2D eigenvalue weighted by Gasteiger charge is -2.38. The van der Waals surface area contributed by atoms with Gasteiger partial charge in [-0.05, 0) is 49.9 Å². The number of hydrogen-bond acceptors (Lipinski definition) is 8. The van der Waals surface area contributed by atoms with Crippen LogP contribution in [0.5, 0.6) is 5.75 Å². The third-order valence-electron chi connectivity index (χ3n) is 8.87. The molecule has 220 valence electrons. The molecule has 11 heteroatoms. The van der Waals surface area contributed by atoms with E-state index in [0.717, 1.165) is 13.1 Å². The summed E-state index contributed by atoms with van der Waals surface area (Å²) in [6.45, 7) is 10.1. The number of aliphatic hydroxyl groups is 1. The molecule has 3 amide bonds. The van der Waals surface area contributed by atoms with E-state index in [1.807, 2.05) is 20.8 Å². The second kappa shape index (κ2) is 12.0. The van der Waals surface area contributed by atoms with Crippen molar-refractivity contribution in [1.82, 2.24) is 15.1 Å². The predicted molar refractivity (Wildman–Crippen MR) is 147 cm³/mol. The molecule has 4 heterocycles. The van der Waals surface area contributed by atoms with Crippen molar-refractivity contribution in [3.05, 3.63) is 24.3 Å². The van der Waals surface area contributed by atoms with E-state index in [1.165, 1.54) is 4.90 Å². The molecule has 0 aliphatic carbocycles. The number of benzene rings is 1. The van der Waals surface area contributed by atoms with Crippen LogP contribution in [0, 0.1) is 17.8 Å². The lowest BCUT2D eigenvalue weighted by atomic mass is 9.70. The molecule has 4 fully saturated rings. The number of nitrogens with zero attached hydrogens (tertiary/aromatic N) is 2. The van der Waals surface area contributed by atoms with Gasteiger partial charge in [0.1, 0.15) is 17.4 Å². The van der Waals surface area contributed by atoms with Crippen molar-refractivity contribution < 1.29 is 33.7 Å². The Labute approximate surface area is 235 Å². The first-order valence-electron chi connectivity index (χ1n) is 14.5. The highest BCUT2D eigenvalue weighted by Crippen LogP contribution is 2.59. The standard InChI is InChI=1S/C29H42N4O7/c1-4-39-20-7-5-19(6-8-20)31-26(35)23-22-9-10-29(40-22)24(23)28(37)33(21(17-34)18(2)3)25(29)27(36)30-11-12-32-13-15-38-16-14-32/h5-8,18,21-25,34H,4,9-17H2,1-3H3,(H,30,36)(H,31,35)/t21-,22+,23-,24-,25?,29?/m0/s1. The fourth-order valence-electron chi connectivity index (χ4n) is 6.95. The number of ether oxygens (including phenoxy) is 3. The van der Waals surface area contributed by atoms with E-state index < -0.39 is 35.6 Å². The SMILES string of the molecule is CCOc1ccc(NC(=O)[C@@H]2[C@H]3C(=O)N([C@@H](CO)C(C)C)C(C(=O)NCCN4CCOCC4)C34CC[C@H]2O4)cc1. The quantitative estimate of drug-likeness (QED) is 0.365. The molecular weight excluding hydrogens is 516 g/mol. The number of likely N-dealkylation sites (tertiary alicyclic amines) is 1. The molecule has 11 nitrogen and oxygen atoms in total. The van der Waals surface area contributed by atoms with Crippen LogP contribution in [-0.2, 0) is 23.9 Å². The average Bonchev–Trinajstić information content (AvgIpc) is 3.58. The Morgan fingerprint density at radius 1 is 1.18 bits per heavy atom. The number of amides is 3. The Kier molecular flexibility index (Phi) is 8.65. The molecule has 0 saturated carbocycles. The monoisotopic (exact) mass is 558 g/mol. The van der Waals surface area contributed by atoms with Crippen LogP contribution in [0.4, 0.5) is 5.69 Å². The van der Waals surface area contributed by atoms with E-state index in [0.29, 0.717) is 57.2 Å². The van der Waals surface area contributed by atoms with Crippen LogP contribution in [0.1, 0.15) is 33.6 Å². The number of hydrogen-bond donors (Lipinski definition) is 3. The topological polar surface area (TPSA) is 130 Å². The first kappa shape index (κ1) is 28.8. The summed E-state index contributed by atoms with van der Waals surface area (Å²) < 4.78 is 17.4. The van der Waals surface area contributed by atoms with Gasteiger partial charge in [-0.3, -0.25) is 19.3 Å². The van der Waals surface area contributed by atoms with Crippen LogP contribution < -0.4 is 15.4 Å². The summed E-state index contributed by atoms with van der Waals surface area (Å²) in [5, 5.41) is 16.3. The Balaban J connectivity index is 1.37. The van der Waals surface area contributed by atoms with E-state index in [9.17, 15) is 19.5 Å². The van der Waals surface area contributed by atoms with Crippen molar-refractivity contribution in [2.75, 3.05) is 57.9 Å². The highest BCUT2D eigenvalue weighted by Gasteiger charge is 2.75. The predicted octanol–water partition coefficient (Wildman–Crippen LogP) is 0.864. The normalized spacial score (nSPS) is 30.4. The van der Waals surface area contributed by atoms with Crippen LogP contribution >= 0.6 is 0 Å². The van der Waals surface area contributed by atoms with E-state index in [-0.39, 0.29) is 30.2 Å². The lowest BCUT2D eigenvalue weighted by molar-refractivity contribution is -0.146. The molecule has 0 radical (unpaired) electrons. The van der Waals surface area contributed by atoms with Crippen LogP contribution in [0.2, 0.25) is 0 Å². The highest BCUT2D eigenvalue weighted by molar-refractivity contribution is 6.02. The molecule has 2 unspecified atom stereocenters. The first-order valence-corrected chi connectivity index (χ1v) is 14.5. The number of carbonyl (C=O) groups is 3. The minimum Gasteiger partial charge on any atom is -0.494 e. The Hall–Kier alpha value is -2.73. The fourth-order valence-corrected chi connectivity index (χ4v) is 6.95. The van der Waals surface area contributed by atoms with E-state index >= 15 is 0 Å². The molecule has 4 saturated heterocycles. The van der Waals surface area contributed by atoms with E-state index in [1.54, 1.807) is 24.3 Å². The summed E-state index contributed by atoms with van der Waals surface area (Å²) in [5.74, 6) is -1.81. The molecule has 2 bridgehead atoms. The smallest absolute Gasteiger partial charge is 0.245 e. The number of carbonyl (C=O) groups excluding carboxylic acids is 3. The third kappa shape index (κ3) is 5.20. The van der Waals surface area contributed by atoms with Crippen molar-refractivity contribution >= 4 is 23.4 Å². The van der Waals surface area contributed by atoms with Gasteiger partial charge in [0.25, 0.3) is 0 Å². The summed E-state index contributed by atoms with van der Waals surface area (Å²) in [5.41, 5.74) is -0.506. The molecule has 4 aliphatic rings. The van der Waals surface area contributed by atoms with E-state index in [4.69, 9.17) is 14.2 Å². The largest absolute Gasteiger partial charge is 0.494 e. The number of nitrogens with one attached hydrogen (secondary N) is 2. The van der Waals surface area contributed by atoms with Crippen LogP contribution in [-0.4, -0.2) is 109 Å². The zero-order valence-corrected chi connectivity index (χ0v) is 23.6. The van der Waals surface area contributed by atoms with Crippen molar-refractivity contribution in [3.63, 3.8) is 0 Å². The fraction of sp³-hybridized carbons (Fsp3) is 0.690. The molecule has 1 aromatic carbocycles. The molecule has 0 aromatic heterocycles. The van der Waals surface area contributed by atoms with Crippen molar-refractivity contribution in [2.24, 2.45) is 17.8 Å². The number of aliphatic hydroxyl groups excluding tert-OH is 1. The Morgan fingerprint density at radius 2 is 1.90 bits per heavy atom. The molecule has 1 spiro atoms. The molecule has 40 heavy (non-hydrogen) atoms. The third-order valence-corrected chi connectivity index (χ3v) is 8.87. The van der Waals surface area contributed by atoms with Gasteiger partial charge in [0.2, 0.25) is 17.7 Å². The summed E-state index contributed by atoms with van der Waals surface area (Å²) in [7, 11) is 0. The molecular formula is C29H42N4O7. The summed E-state index contributed by atoms with van der Waals surface area (Å²) >= 11 is 0. The minimum atomic E-state index is -1.10. The highest BCUT2D eigenvalue weighted by atomic mass is 16.5. The maximum absolute atomic E-state index is 14.1. The van der Waals surface area contributed by atoms with Crippen molar-refractivity contribution in [2.45, 2.75) is 57.4 Å². The minimum absolute atomic E-state index is 0.0962. The summed E-state index contributed by atoms with van der Waals surface area (Å²) in [6, 6.07) is 5.61. The van der Waals surface area contributed by atoms with E-state index in [2.05, 4.69) is 15.5 Å². The maximum Gasteiger partial charge on any atom is 0.245 e. The number of morpholine rings is 1. The zero-order valence-electron chi connectivity index (χ0n) is 23.6. The summed E-state index contributed by atoms with van der Waals surface area (Å²) in [6.07, 6.45) is 0.645. The molecule has 6 atom stereocenters. The van der Waals surface area contributed by atoms with Crippen LogP contribution in [0.3, 0.4) is 0 Å². The van der Waals surface area contributed by atoms with Crippen molar-refractivity contribution in [3.8, 4) is 5.75 Å². The second-order valence-electron chi connectivity index (χ2n) is 11.5.